The first-order valence-corrected chi connectivity index (χ1v) is 12.1. The van der Waals surface area contributed by atoms with Gasteiger partial charge in [-0.25, -0.2) is 19.6 Å². The Kier molecular flexibility index (Phi) is 7.89. The zero-order chi connectivity index (χ0) is 22.4. The number of aryl methyl sites for hydroxylation is 2. The van der Waals surface area contributed by atoms with Crippen molar-refractivity contribution >= 4 is 68.4 Å². The molecule has 0 aromatic carbocycles. The molecule has 0 unspecified atom stereocenters. The molecule has 0 aliphatic rings. The molecule has 0 aliphatic carbocycles. The smallest absolute Gasteiger partial charge is 0.342 e. The number of esters is 2. The quantitative estimate of drug-likeness (QED) is 0.282. The maximum absolute atomic E-state index is 12.8. The van der Waals surface area contributed by atoms with Crippen molar-refractivity contribution in [2.75, 3.05) is 13.2 Å². The average Bonchev–Trinajstić information content (AvgIpc) is 3.43. The van der Waals surface area contributed by atoms with Gasteiger partial charge in [0.1, 0.15) is 21.1 Å². The third kappa shape index (κ3) is 5.75. The summed E-state index contributed by atoms with van der Waals surface area (Å²) in [7, 11) is 0. The number of rotatable bonds is 8. The summed E-state index contributed by atoms with van der Waals surface area (Å²) in [4.78, 5) is 38.7. The van der Waals surface area contributed by atoms with Gasteiger partial charge in [0.2, 0.25) is 0 Å². The minimum absolute atomic E-state index is 0.0874. The van der Waals surface area contributed by atoms with Gasteiger partial charge in [-0.05, 0) is 52.0 Å². The Morgan fingerprint density at radius 1 is 0.774 bits per heavy atom. The van der Waals surface area contributed by atoms with Crippen LogP contribution in [0.1, 0.15) is 54.1 Å². The molecular weight excluding hydrogens is 452 g/mol. The summed E-state index contributed by atoms with van der Waals surface area (Å²) in [6, 6.07) is 7.89. The van der Waals surface area contributed by atoms with Crippen molar-refractivity contribution in [3.05, 3.63) is 54.9 Å². The number of thiophene rings is 3. The zero-order valence-corrected chi connectivity index (χ0v) is 20.1. The summed E-state index contributed by atoms with van der Waals surface area (Å²) in [6.07, 6.45) is 3.36. The van der Waals surface area contributed by atoms with Crippen LogP contribution in [0, 0.1) is 13.8 Å². The van der Waals surface area contributed by atoms with Crippen LogP contribution in [0.25, 0.3) is 0 Å². The Hall–Kier alpha value is -2.62. The van der Waals surface area contributed by atoms with Crippen LogP contribution in [-0.4, -0.2) is 37.6 Å². The highest BCUT2D eigenvalue weighted by Gasteiger charge is 2.30. The Bertz CT molecular complexity index is 1050. The number of carbonyl (C=O) groups excluding carboxylic acids is 2. The standard InChI is InChI=1S/C22H22N2O4S3/c1-5-27-21(25)17-18(22(26)28-6-2)20(24-12-16-10-8-14(4)30-16)31-19(17)23-11-15-9-7-13(3)29-15/h7-12H,5-6H2,1-4H3/b23-11+,24-12+. The summed E-state index contributed by atoms with van der Waals surface area (Å²) >= 11 is 4.33. The molecule has 0 N–H and O–H groups in total. The molecule has 0 saturated heterocycles. The fourth-order valence-electron chi connectivity index (χ4n) is 2.66. The van der Waals surface area contributed by atoms with Gasteiger partial charge in [-0.15, -0.1) is 22.7 Å². The highest BCUT2D eigenvalue weighted by atomic mass is 32.1. The Labute approximate surface area is 192 Å². The molecule has 0 spiro atoms. The molecule has 0 amide bonds. The molecule has 3 aromatic heterocycles. The second kappa shape index (κ2) is 10.6. The summed E-state index contributed by atoms with van der Waals surface area (Å²) < 4.78 is 10.4. The summed E-state index contributed by atoms with van der Waals surface area (Å²) in [5.74, 6) is -1.24. The molecule has 0 radical (unpaired) electrons. The molecule has 0 atom stereocenters. The molecule has 9 heteroatoms. The van der Waals surface area contributed by atoms with Crippen molar-refractivity contribution in [3.8, 4) is 0 Å². The summed E-state index contributed by atoms with van der Waals surface area (Å²) in [5, 5.41) is 0.726. The number of hydrogen-bond acceptors (Lipinski definition) is 9. The zero-order valence-electron chi connectivity index (χ0n) is 17.6. The first-order chi connectivity index (χ1) is 14.9. The van der Waals surface area contributed by atoms with Crippen molar-refractivity contribution in [2.24, 2.45) is 9.98 Å². The van der Waals surface area contributed by atoms with Gasteiger partial charge in [-0.3, -0.25) is 0 Å². The van der Waals surface area contributed by atoms with E-state index in [2.05, 4.69) is 9.98 Å². The van der Waals surface area contributed by atoms with Crippen LogP contribution >= 0.6 is 34.0 Å². The van der Waals surface area contributed by atoms with Gasteiger partial charge in [0.15, 0.2) is 0 Å². The van der Waals surface area contributed by atoms with Gasteiger partial charge >= 0.3 is 11.9 Å². The predicted octanol–water partition coefficient (Wildman–Crippen LogP) is 6.34. The molecule has 0 aliphatic heterocycles. The van der Waals surface area contributed by atoms with Gasteiger partial charge in [0, 0.05) is 31.9 Å². The van der Waals surface area contributed by atoms with E-state index in [1.54, 1.807) is 49.0 Å². The maximum atomic E-state index is 12.8. The van der Waals surface area contributed by atoms with Crippen LogP contribution in [0.4, 0.5) is 10.0 Å². The van der Waals surface area contributed by atoms with E-state index in [9.17, 15) is 9.59 Å². The van der Waals surface area contributed by atoms with Crippen molar-refractivity contribution in [1.29, 1.82) is 0 Å². The lowest BCUT2D eigenvalue weighted by Gasteiger charge is -2.05. The van der Waals surface area contributed by atoms with E-state index in [1.165, 1.54) is 0 Å². The third-order valence-electron chi connectivity index (χ3n) is 3.97. The fourth-order valence-corrected chi connectivity index (χ4v) is 5.13. The predicted molar refractivity (Wildman–Crippen MR) is 129 cm³/mol. The second-order valence-electron chi connectivity index (χ2n) is 6.32. The third-order valence-corrected chi connectivity index (χ3v) is 6.85. The van der Waals surface area contributed by atoms with Crippen molar-refractivity contribution in [1.82, 2.24) is 0 Å². The van der Waals surface area contributed by atoms with Crippen LogP contribution < -0.4 is 0 Å². The summed E-state index contributed by atoms with van der Waals surface area (Å²) in [5.41, 5.74) is 0.175. The monoisotopic (exact) mass is 474 g/mol. The molecule has 0 fully saturated rings. The van der Waals surface area contributed by atoms with Crippen molar-refractivity contribution in [3.63, 3.8) is 0 Å². The first-order valence-electron chi connectivity index (χ1n) is 9.65. The first kappa shape index (κ1) is 23.1. The van der Waals surface area contributed by atoms with E-state index in [0.717, 1.165) is 30.8 Å². The SMILES string of the molecule is CCOC(=O)c1c(/N=C/c2ccc(C)s2)sc(/N=C/c2ccc(C)s2)c1C(=O)OCC. The highest BCUT2D eigenvalue weighted by Crippen LogP contribution is 2.42. The lowest BCUT2D eigenvalue weighted by molar-refractivity contribution is 0.0481. The lowest BCUT2D eigenvalue weighted by atomic mass is 10.1. The fraction of sp³-hybridized carbons (Fsp3) is 0.273. The minimum Gasteiger partial charge on any atom is -0.462 e. The maximum Gasteiger partial charge on any atom is 0.342 e. The summed E-state index contributed by atoms with van der Waals surface area (Å²) in [6.45, 7) is 7.80. The number of aliphatic imine (C=N–C) groups is 2. The molecule has 31 heavy (non-hydrogen) atoms. The van der Waals surface area contributed by atoms with E-state index >= 15 is 0 Å². The van der Waals surface area contributed by atoms with Crippen LogP contribution in [0.15, 0.2) is 34.3 Å². The average molecular weight is 475 g/mol. The molecule has 162 valence electrons. The van der Waals surface area contributed by atoms with Gasteiger partial charge in [0.25, 0.3) is 0 Å². The largest absolute Gasteiger partial charge is 0.462 e. The van der Waals surface area contributed by atoms with Gasteiger partial charge in [0.05, 0.1) is 13.2 Å². The second-order valence-corrected chi connectivity index (χ2v) is 9.93. The number of hydrogen-bond donors (Lipinski definition) is 0. The van der Waals surface area contributed by atoms with Gasteiger partial charge in [-0.2, -0.15) is 0 Å². The van der Waals surface area contributed by atoms with E-state index in [-0.39, 0.29) is 24.3 Å². The topological polar surface area (TPSA) is 77.3 Å². The molecule has 3 rings (SSSR count). The highest BCUT2D eigenvalue weighted by molar-refractivity contribution is 7.20. The number of carbonyl (C=O) groups is 2. The van der Waals surface area contributed by atoms with E-state index in [1.807, 2.05) is 38.1 Å². The van der Waals surface area contributed by atoms with E-state index in [4.69, 9.17) is 9.47 Å². The van der Waals surface area contributed by atoms with Crippen molar-refractivity contribution in [2.45, 2.75) is 27.7 Å². The van der Waals surface area contributed by atoms with E-state index in [0.29, 0.717) is 10.0 Å². The normalized spacial score (nSPS) is 11.5. The molecule has 3 aromatic rings. The molecule has 3 heterocycles. The van der Waals surface area contributed by atoms with Gasteiger partial charge < -0.3 is 9.47 Å². The molecule has 0 saturated carbocycles. The Morgan fingerprint density at radius 3 is 1.52 bits per heavy atom. The lowest BCUT2D eigenvalue weighted by Crippen LogP contribution is -2.12. The molecular formula is C22H22N2O4S3. The van der Waals surface area contributed by atoms with Gasteiger partial charge in [-0.1, -0.05) is 11.3 Å². The van der Waals surface area contributed by atoms with Crippen LogP contribution in [0.3, 0.4) is 0 Å². The number of nitrogens with zero attached hydrogens (tertiary/aromatic N) is 2. The van der Waals surface area contributed by atoms with Crippen LogP contribution in [0.5, 0.6) is 0 Å². The Morgan fingerprint density at radius 2 is 1.19 bits per heavy atom. The van der Waals surface area contributed by atoms with Crippen LogP contribution in [-0.2, 0) is 9.47 Å². The Balaban J connectivity index is 2.11. The number of ether oxygens (including phenoxy) is 2. The van der Waals surface area contributed by atoms with E-state index < -0.39 is 11.9 Å². The minimum atomic E-state index is -0.621. The molecule has 6 nitrogen and oxygen atoms in total. The van der Waals surface area contributed by atoms with Crippen molar-refractivity contribution < 1.29 is 19.1 Å². The molecule has 0 bridgehead atoms. The van der Waals surface area contributed by atoms with Crippen LogP contribution in [0.2, 0.25) is 0 Å².